The van der Waals surface area contributed by atoms with Crippen LogP contribution in [0, 0.1) is 0 Å². The molecule has 1 aliphatic heterocycles. The minimum absolute atomic E-state index is 0.228. The third-order valence-corrected chi connectivity index (χ3v) is 4.13. The maximum Gasteiger partial charge on any atom is 0.0986 e. The highest BCUT2D eigenvalue weighted by Gasteiger charge is 2.42. The molecule has 4 nitrogen and oxygen atoms in total. The van der Waals surface area contributed by atoms with Crippen molar-refractivity contribution in [3.05, 3.63) is 0 Å². The molecule has 4 atom stereocenters. The second kappa shape index (κ2) is 6.85. The first-order valence-electron chi connectivity index (χ1n) is 7.37. The first-order valence-corrected chi connectivity index (χ1v) is 7.37. The molecule has 1 aliphatic carbocycles. The van der Waals surface area contributed by atoms with Crippen LogP contribution in [0.2, 0.25) is 0 Å². The van der Waals surface area contributed by atoms with Crippen LogP contribution in [0.1, 0.15) is 33.1 Å². The van der Waals surface area contributed by atoms with Gasteiger partial charge in [-0.1, -0.05) is 0 Å². The molecule has 1 heterocycles. The molecule has 1 N–H and O–H groups in total. The topological polar surface area (TPSA) is 33.7 Å². The smallest absolute Gasteiger partial charge is 0.0986 e. The third kappa shape index (κ3) is 3.44. The van der Waals surface area contributed by atoms with Gasteiger partial charge < -0.3 is 19.7 Å². The maximum absolute atomic E-state index is 5.65. The minimum Gasteiger partial charge on any atom is -0.377 e. The zero-order valence-electron chi connectivity index (χ0n) is 12.0. The summed E-state index contributed by atoms with van der Waals surface area (Å²) in [5.74, 6) is 0. The lowest BCUT2D eigenvalue weighted by atomic mass is 9.84. The quantitative estimate of drug-likeness (QED) is 0.743. The van der Waals surface area contributed by atoms with Crippen LogP contribution in [0.15, 0.2) is 0 Å². The number of nitrogens with zero attached hydrogens (tertiary/aromatic N) is 1. The highest BCUT2D eigenvalue weighted by atomic mass is 16.5. The lowest BCUT2D eigenvalue weighted by molar-refractivity contribution is -0.133. The standard InChI is InChI=1S/C14H28N2O2/c1-4-18-13-9-12(14(13)17-3)15-11(2)10-16-7-5-6-8-16/h11-15H,4-10H2,1-3H3. The fourth-order valence-corrected chi connectivity index (χ4v) is 3.21. The Morgan fingerprint density at radius 1 is 1.33 bits per heavy atom. The van der Waals surface area contributed by atoms with E-state index in [2.05, 4.69) is 17.1 Å². The Kier molecular flexibility index (Phi) is 5.42. The number of hydrogen-bond acceptors (Lipinski definition) is 4. The van der Waals surface area contributed by atoms with Gasteiger partial charge in [0, 0.05) is 32.3 Å². The molecule has 0 radical (unpaired) electrons. The van der Waals surface area contributed by atoms with Gasteiger partial charge in [0.2, 0.25) is 0 Å². The van der Waals surface area contributed by atoms with Gasteiger partial charge in [0.05, 0.1) is 12.2 Å². The van der Waals surface area contributed by atoms with Gasteiger partial charge >= 0.3 is 0 Å². The molecule has 4 heteroatoms. The Balaban J connectivity index is 1.69. The summed E-state index contributed by atoms with van der Waals surface area (Å²) in [7, 11) is 1.79. The maximum atomic E-state index is 5.65. The number of hydrogen-bond donors (Lipinski definition) is 1. The van der Waals surface area contributed by atoms with Crippen LogP contribution in [0.3, 0.4) is 0 Å². The molecule has 2 fully saturated rings. The summed E-state index contributed by atoms with van der Waals surface area (Å²) in [6, 6.07) is 0.998. The fourth-order valence-electron chi connectivity index (χ4n) is 3.21. The fraction of sp³-hybridized carbons (Fsp3) is 1.00. The summed E-state index contributed by atoms with van der Waals surface area (Å²) in [5.41, 5.74) is 0. The largest absolute Gasteiger partial charge is 0.377 e. The second-order valence-electron chi connectivity index (χ2n) is 5.61. The van der Waals surface area contributed by atoms with Gasteiger partial charge in [-0.25, -0.2) is 0 Å². The molecule has 1 saturated heterocycles. The van der Waals surface area contributed by atoms with E-state index in [0.29, 0.717) is 12.1 Å². The van der Waals surface area contributed by atoms with E-state index >= 15 is 0 Å². The molecule has 2 rings (SSSR count). The predicted molar refractivity (Wildman–Crippen MR) is 72.9 cm³/mol. The van der Waals surface area contributed by atoms with Crippen LogP contribution in [-0.4, -0.2) is 62.5 Å². The molecule has 18 heavy (non-hydrogen) atoms. The molecule has 0 aromatic rings. The van der Waals surface area contributed by atoms with Crippen molar-refractivity contribution in [2.75, 3.05) is 33.4 Å². The molecule has 1 saturated carbocycles. The molecular weight excluding hydrogens is 228 g/mol. The van der Waals surface area contributed by atoms with Crippen LogP contribution in [0.4, 0.5) is 0 Å². The van der Waals surface area contributed by atoms with E-state index in [-0.39, 0.29) is 12.2 Å². The lowest BCUT2D eigenvalue weighted by Gasteiger charge is -2.45. The zero-order chi connectivity index (χ0) is 13.0. The van der Waals surface area contributed by atoms with Crippen molar-refractivity contribution in [2.24, 2.45) is 0 Å². The van der Waals surface area contributed by atoms with E-state index < -0.39 is 0 Å². The number of methoxy groups -OCH3 is 1. The molecule has 2 aliphatic rings. The average molecular weight is 256 g/mol. The average Bonchev–Trinajstić information content (AvgIpc) is 2.80. The van der Waals surface area contributed by atoms with E-state index in [1.165, 1.54) is 25.9 Å². The highest BCUT2D eigenvalue weighted by Crippen LogP contribution is 2.27. The van der Waals surface area contributed by atoms with Gasteiger partial charge in [-0.05, 0) is 46.2 Å². The summed E-state index contributed by atoms with van der Waals surface area (Å²) in [6.45, 7) is 8.80. The number of nitrogens with one attached hydrogen (secondary N) is 1. The van der Waals surface area contributed by atoms with E-state index in [0.717, 1.165) is 19.6 Å². The van der Waals surface area contributed by atoms with Crippen molar-refractivity contribution < 1.29 is 9.47 Å². The van der Waals surface area contributed by atoms with Crippen LogP contribution in [0.5, 0.6) is 0 Å². The Bertz CT molecular complexity index is 244. The first kappa shape index (κ1) is 14.3. The Labute approximate surface area is 111 Å². The van der Waals surface area contributed by atoms with Gasteiger partial charge in [-0.2, -0.15) is 0 Å². The SMILES string of the molecule is CCOC1CC(NC(C)CN2CCCC2)C1OC. The summed E-state index contributed by atoms with van der Waals surface area (Å²) in [6.07, 6.45) is 4.32. The number of rotatable bonds is 7. The van der Waals surface area contributed by atoms with Crippen molar-refractivity contribution in [1.29, 1.82) is 0 Å². The normalized spacial score (nSPS) is 34.5. The molecule has 0 aromatic heterocycles. The Hall–Kier alpha value is -0.160. The Morgan fingerprint density at radius 2 is 2.06 bits per heavy atom. The highest BCUT2D eigenvalue weighted by molar-refractivity contribution is 4.98. The molecular formula is C14H28N2O2. The van der Waals surface area contributed by atoms with Crippen molar-refractivity contribution in [3.63, 3.8) is 0 Å². The van der Waals surface area contributed by atoms with Crippen LogP contribution in [0.25, 0.3) is 0 Å². The van der Waals surface area contributed by atoms with E-state index in [1.54, 1.807) is 7.11 Å². The van der Waals surface area contributed by atoms with E-state index in [1.807, 2.05) is 6.92 Å². The predicted octanol–water partition coefficient (Wildman–Crippen LogP) is 1.25. The molecule has 0 amide bonds. The zero-order valence-corrected chi connectivity index (χ0v) is 12.0. The Morgan fingerprint density at radius 3 is 2.67 bits per heavy atom. The summed E-state index contributed by atoms with van der Waals surface area (Å²) in [5, 5.41) is 3.69. The summed E-state index contributed by atoms with van der Waals surface area (Å²) in [4.78, 5) is 2.55. The van der Waals surface area contributed by atoms with Crippen LogP contribution in [-0.2, 0) is 9.47 Å². The van der Waals surface area contributed by atoms with Crippen LogP contribution < -0.4 is 5.32 Å². The molecule has 0 bridgehead atoms. The van der Waals surface area contributed by atoms with Gasteiger partial charge in [0.1, 0.15) is 0 Å². The van der Waals surface area contributed by atoms with Gasteiger partial charge in [-0.3, -0.25) is 0 Å². The van der Waals surface area contributed by atoms with E-state index in [4.69, 9.17) is 9.47 Å². The minimum atomic E-state index is 0.228. The van der Waals surface area contributed by atoms with Crippen molar-refractivity contribution >= 4 is 0 Å². The number of likely N-dealkylation sites (tertiary alicyclic amines) is 1. The van der Waals surface area contributed by atoms with Crippen molar-refractivity contribution in [3.8, 4) is 0 Å². The van der Waals surface area contributed by atoms with E-state index in [9.17, 15) is 0 Å². The van der Waals surface area contributed by atoms with Crippen molar-refractivity contribution in [2.45, 2.75) is 57.4 Å². The lowest BCUT2D eigenvalue weighted by Crippen LogP contribution is -2.62. The molecule has 0 spiro atoms. The molecule has 4 unspecified atom stereocenters. The summed E-state index contributed by atoms with van der Waals surface area (Å²) < 4.78 is 11.2. The molecule has 106 valence electrons. The van der Waals surface area contributed by atoms with Gasteiger partial charge in [0.25, 0.3) is 0 Å². The van der Waals surface area contributed by atoms with Gasteiger partial charge in [-0.15, -0.1) is 0 Å². The third-order valence-electron chi connectivity index (χ3n) is 4.13. The van der Waals surface area contributed by atoms with Gasteiger partial charge in [0.15, 0.2) is 0 Å². The monoisotopic (exact) mass is 256 g/mol. The van der Waals surface area contributed by atoms with Crippen molar-refractivity contribution in [1.82, 2.24) is 10.2 Å². The molecule has 0 aromatic carbocycles. The number of ether oxygens (including phenoxy) is 2. The summed E-state index contributed by atoms with van der Waals surface area (Å²) >= 11 is 0. The van der Waals surface area contributed by atoms with Crippen LogP contribution >= 0.6 is 0 Å². The second-order valence-corrected chi connectivity index (χ2v) is 5.61. The first-order chi connectivity index (χ1) is 8.74.